The quantitative estimate of drug-likeness (QED) is 0.727. The van der Waals surface area contributed by atoms with E-state index >= 15 is 0 Å². The van der Waals surface area contributed by atoms with Crippen LogP contribution in [-0.2, 0) is 6.42 Å². The molecule has 0 aliphatic rings. The number of hydrogen-bond acceptors (Lipinski definition) is 1. The lowest BCUT2D eigenvalue weighted by atomic mass is 10.1. The molecule has 1 aromatic heterocycles. The topological polar surface area (TPSA) is 39.6 Å². The number of H-pyrrole nitrogens is 1. The maximum atomic E-state index is 8.94. The minimum atomic E-state index is 0.727. The number of fused-ring (bicyclic) bond motifs is 1. The summed E-state index contributed by atoms with van der Waals surface area (Å²) in [6.07, 6.45) is 0.971. The molecule has 0 bridgehead atoms. The van der Waals surface area contributed by atoms with Crippen molar-refractivity contribution in [3.8, 4) is 6.07 Å². The van der Waals surface area contributed by atoms with Crippen LogP contribution in [0.1, 0.15) is 23.7 Å². The second-order valence-corrected chi connectivity index (χ2v) is 3.48. The van der Waals surface area contributed by atoms with E-state index < -0.39 is 0 Å². The minimum absolute atomic E-state index is 0.727. The van der Waals surface area contributed by atoms with Gasteiger partial charge < -0.3 is 4.98 Å². The standard InChI is InChI=1S/C12H12N2/c1-3-10-6-11-8(2)4-5-9(7-13)12(11)14-10/h4-6,14H,3H2,1-2H3. The Balaban J connectivity index is 2.83. The smallest absolute Gasteiger partial charge is 0.101 e. The van der Waals surface area contributed by atoms with E-state index in [2.05, 4.69) is 31.0 Å². The van der Waals surface area contributed by atoms with Crippen LogP contribution in [0.3, 0.4) is 0 Å². The molecular formula is C12H12N2. The molecule has 0 atom stereocenters. The van der Waals surface area contributed by atoms with E-state index in [1.165, 1.54) is 16.6 Å². The number of nitriles is 1. The van der Waals surface area contributed by atoms with Crippen LogP contribution in [0, 0.1) is 18.3 Å². The highest BCUT2D eigenvalue weighted by Crippen LogP contribution is 2.22. The van der Waals surface area contributed by atoms with Crippen molar-refractivity contribution < 1.29 is 0 Å². The van der Waals surface area contributed by atoms with Gasteiger partial charge in [-0.3, -0.25) is 0 Å². The molecule has 2 aromatic rings. The molecule has 2 nitrogen and oxygen atoms in total. The normalized spacial score (nSPS) is 10.4. The second kappa shape index (κ2) is 3.19. The van der Waals surface area contributed by atoms with E-state index in [1.54, 1.807) is 0 Å². The summed E-state index contributed by atoms with van der Waals surface area (Å²) >= 11 is 0. The van der Waals surface area contributed by atoms with Crippen LogP contribution < -0.4 is 0 Å². The van der Waals surface area contributed by atoms with Gasteiger partial charge in [0.1, 0.15) is 6.07 Å². The molecule has 0 amide bonds. The van der Waals surface area contributed by atoms with Crippen LogP contribution >= 0.6 is 0 Å². The van der Waals surface area contributed by atoms with Gasteiger partial charge in [0.25, 0.3) is 0 Å². The molecule has 2 heteroatoms. The molecular weight excluding hydrogens is 172 g/mol. The Bertz CT molecular complexity index is 515. The number of benzene rings is 1. The van der Waals surface area contributed by atoms with Gasteiger partial charge in [-0.05, 0) is 31.0 Å². The third-order valence-electron chi connectivity index (χ3n) is 2.57. The number of aromatic amines is 1. The lowest BCUT2D eigenvalue weighted by Crippen LogP contribution is -1.81. The zero-order valence-electron chi connectivity index (χ0n) is 8.39. The van der Waals surface area contributed by atoms with Crippen LogP contribution in [0.2, 0.25) is 0 Å². The first-order valence-corrected chi connectivity index (χ1v) is 4.77. The Labute approximate surface area is 83.2 Å². The van der Waals surface area contributed by atoms with Crippen molar-refractivity contribution in [2.75, 3.05) is 0 Å². The van der Waals surface area contributed by atoms with Crippen molar-refractivity contribution in [3.63, 3.8) is 0 Å². The zero-order valence-corrected chi connectivity index (χ0v) is 8.39. The van der Waals surface area contributed by atoms with E-state index in [1.807, 2.05) is 12.1 Å². The molecule has 1 heterocycles. The summed E-state index contributed by atoms with van der Waals surface area (Å²) in [5.74, 6) is 0. The average Bonchev–Trinajstić information content (AvgIpc) is 2.63. The number of nitrogens with one attached hydrogen (secondary N) is 1. The molecule has 1 aromatic carbocycles. The summed E-state index contributed by atoms with van der Waals surface area (Å²) in [6.45, 7) is 4.17. The zero-order chi connectivity index (χ0) is 10.1. The monoisotopic (exact) mass is 184 g/mol. The number of hydrogen-bond donors (Lipinski definition) is 1. The second-order valence-electron chi connectivity index (χ2n) is 3.48. The summed E-state index contributed by atoms with van der Waals surface area (Å²) in [7, 11) is 0. The molecule has 0 saturated heterocycles. The summed E-state index contributed by atoms with van der Waals surface area (Å²) in [5.41, 5.74) is 4.11. The van der Waals surface area contributed by atoms with Gasteiger partial charge in [-0.25, -0.2) is 0 Å². The molecule has 70 valence electrons. The van der Waals surface area contributed by atoms with Crippen LogP contribution in [0.4, 0.5) is 0 Å². The number of aryl methyl sites for hydroxylation is 2. The third kappa shape index (κ3) is 1.18. The maximum absolute atomic E-state index is 8.94. The molecule has 0 fully saturated rings. The largest absolute Gasteiger partial charge is 0.357 e. The first kappa shape index (κ1) is 8.83. The van der Waals surface area contributed by atoms with Crippen molar-refractivity contribution in [2.24, 2.45) is 0 Å². The SMILES string of the molecule is CCc1cc2c(C)ccc(C#N)c2[nH]1. The summed E-state index contributed by atoms with van der Waals surface area (Å²) in [4.78, 5) is 3.28. The fraction of sp³-hybridized carbons (Fsp3) is 0.250. The lowest BCUT2D eigenvalue weighted by molar-refractivity contribution is 1.07. The minimum Gasteiger partial charge on any atom is -0.357 e. The van der Waals surface area contributed by atoms with Gasteiger partial charge in [-0.15, -0.1) is 0 Å². The van der Waals surface area contributed by atoms with E-state index in [9.17, 15) is 0 Å². The molecule has 0 radical (unpaired) electrons. The highest BCUT2D eigenvalue weighted by molar-refractivity contribution is 5.88. The predicted molar refractivity (Wildman–Crippen MR) is 57.1 cm³/mol. The van der Waals surface area contributed by atoms with Gasteiger partial charge in [-0.2, -0.15) is 5.26 Å². The van der Waals surface area contributed by atoms with Crippen LogP contribution in [0.5, 0.6) is 0 Å². The molecule has 0 spiro atoms. The van der Waals surface area contributed by atoms with E-state index in [0.29, 0.717) is 0 Å². The van der Waals surface area contributed by atoms with E-state index in [0.717, 1.165) is 17.5 Å². The number of rotatable bonds is 1. The molecule has 0 unspecified atom stereocenters. The first-order valence-electron chi connectivity index (χ1n) is 4.77. The highest BCUT2D eigenvalue weighted by Gasteiger charge is 2.06. The van der Waals surface area contributed by atoms with Crippen LogP contribution in [0.15, 0.2) is 18.2 Å². The Morgan fingerprint density at radius 2 is 2.21 bits per heavy atom. The van der Waals surface area contributed by atoms with Crippen molar-refractivity contribution in [1.82, 2.24) is 4.98 Å². The number of nitrogens with zero attached hydrogens (tertiary/aromatic N) is 1. The molecule has 0 aliphatic heterocycles. The Morgan fingerprint density at radius 1 is 1.43 bits per heavy atom. The molecule has 0 aliphatic carbocycles. The van der Waals surface area contributed by atoms with Gasteiger partial charge in [0.2, 0.25) is 0 Å². The number of aromatic nitrogens is 1. The van der Waals surface area contributed by atoms with Crippen molar-refractivity contribution in [3.05, 3.63) is 35.0 Å². The van der Waals surface area contributed by atoms with Gasteiger partial charge in [0.05, 0.1) is 11.1 Å². The van der Waals surface area contributed by atoms with Crippen molar-refractivity contribution >= 4 is 10.9 Å². The fourth-order valence-electron chi connectivity index (χ4n) is 1.70. The predicted octanol–water partition coefficient (Wildman–Crippen LogP) is 2.91. The Morgan fingerprint density at radius 3 is 2.86 bits per heavy atom. The van der Waals surface area contributed by atoms with Gasteiger partial charge in [0.15, 0.2) is 0 Å². The van der Waals surface area contributed by atoms with Gasteiger partial charge in [-0.1, -0.05) is 13.0 Å². The van der Waals surface area contributed by atoms with Crippen molar-refractivity contribution in [2.45, 2.75) is 20.3 Å². The maximum Gasteiger partial charge on any atom is 0.101 e. The Kier molecular flexibility index (Phi) is 2.01. The summed E-state index contributed by atoms with van der Waals surface area (Å²) in [6, 6.07) is 8.20. The van der Waals surface area contributed by atoms with E-state index in [4.69, 9.17) is 5.26 Å². The molecule has 2 rings (SSSR count). The molecule has 0 saturated carbocycles. The summed E-state index contributed by atoms with van der Waals surface area (Å²) in [5, 5.41) is 10.1. The summed E-state index contributed by atoms with van der Waals surface area (Å²) < 4.78 is 0. The highest BCUT2D eigenvalue weighted by atomic mass is 14.7. The molecule has 1 N–H and O–H groups in total. The van der Waals surface area contributed by atoms with Gasteiger partial charge >= 0.3 is 0 Å². The first-order chi connectivity index (χ1) is 6.76. The van der Waals surface area contributed by atoms with E-state index in [-0.39, 0.29) is 0 Å². The molecule has 14 heavy (non-hydrogen) atoms. The van der Waals surface area contributed by atoms with Crippen molar-refractivity contribution in [1.29, 1.82) is 5.26 Å². The fourth-order valence-corrected chi connectivity index (χ4v) is 1.70. The lowest BCUT2D eigenvalue weighted by Gasteiger charge is -1.96. The average molecular weight is 184 g/mol. The Hall–Kier alpha value is -1.75. The van der Waals surface area contributed by atoms with Crippen LogP contribution in [-0.4, -0.2) is 4.98 Å². The third-order valence-corrected chi connectivity index (χ3v) is 2.57. The van der Waals surface area contributed by atoms with Crippen LogP contribution in [0.25, 0.3) is 10.9 Å². The van der Waals surface area contributed by atoms with Gasteiger partial charge in [0, 0.05) is 11.1 Å².